The van der Waals surface area contributed by atoms with Gasteiger partial charge >= 0.3 is 0 Å². The van der Waals surface area contributed by atoms with Gasteiger partial charge in [-0.25, -0.2) is 4.98 Å². The number of benzene rings is 1. The van der Waals surface area contributed by atoms with Gasteiger partial charge in [0.05, 0.1) is 15.2 Å². The van der Waals surface area contributed by atoms with E-state index in [-0.39, 0.29) is 11.8 Å². The van der Waals surface area contributed by atoms with Gasteiger partial charge in [-0.2, -0.15) is 0 Å². The van der Waals surface area contributed by atoms with Gasteiger partial charge in [0, 0.05) is 18.9 Å². The Kier molecular flexibility index (Phi) is 3.26. The van der Waals surface area contributed by atoms with Crippen molar-refractivity contribution in [1.82, 2.24) is 10.3 Å². The number of carbonyl (C=O) groups is 1. The van der Waals surface area contributed by atoms with E-state index in [4.69, 9.17) is 0 Å². The molecule has 3 atom stereocenters. The maximum Gasteiger partial charge on any atom is 0.223 e. The minimum absolute atomic E-state index is 0.204. The summed E-state index contributed by atoms with van der Waals surface area (Å²) in [5.74, 6) is 1.57. The third-order valence-electron chi connectivity index (χ3n) is 4.59. The van der Waals surface area contributed by atoms with E-state index in [1.54, 1.807) is 11.3 Å². The third-order valence-corrected chi connectivity index (χ3v) is 5.69. The molecule has 0 radical (unpaired) electrons. The average molecular weight is 298 g/mol. The fraction of sp³-hybridized carbons (Fsp3) is 0.412. The van der Waals surface area contributed by atoms with Crippen molar-refractivity contribution < 1.29 is 4.79 Å². The van der Waals surface area contributed by atoms with Crippen LogP contribution in [0.1, 0.15) is 17.8 Å². The highest BCUT2D eigenvalue weighted by Gasteiger charge is 2.39. The summed E-state index contributed by atoms with van der Waals surface area (Å²) in [6.07, 6.45) is 7.54. The van der Waals surface area contributed by atoms with Crippen molar-refractivity contribution in [2.24, 2.45) is 17.8 Å². The first kappa shape index (κ1) is 13.0. The van der Waals surface area contributed by atoms with Crippen LogP contribution < -0.4 is 5.32 Å². The van der Waals surface area contributed by atoms with Crippen LogP contribution in [0.5, 0.6) is 0 Å². The molecule has 4 rings (SSSR count). The predicted molar refractivity (Wildman–Crippen MR) is 85.2 cm³/mol. The normalized spacial score (nSPS) is 26.6. The van der Waals surface area contributed by atoms with E-state index in [1.807, 2.05) is 18.2 Å². The average Bonchev–Trinajstić information content (AvgIpc) is 3.21. The quantitative estimate of drug-likeness (QED) is 0.881. The summed E-state index contributed by atoms with van der Waals surface area (Å²) in [4.78, 5) is 16.8. The number of hydrogen-bond donors (Lipinski definition) is 1. The summed E-state index contributed by atoms with van der Waals surface area (Å²) in [6, 6.07) is 8.18. The highest BCUT2D eigenvalue weighted by atomic mass is 32.1. The first-order valence-electron chi connectivity index (χ1n) is 7.60. The van der Waals surface area contributed by atoms with Gasteiger partial charge in [-0.1, -0.05) is 24.3 Å². The first-order valence-corrected chi connectivity index (χ1v) is 8.42. The predicted octanol–water partition coefficient (Wildman–Crippen LogP) is 3.17. The van der Waals surface area contributed by atoms with Crippen molar-refractivity contribution in [3.63, 3.8) is 0 Å². The molecule has 1 fully saturated rings. The van der Waals surface area contributed by atoms with Crippen LogP contribution in [0.3, 0.4) is 0 Å². The fourth-order valence-electron chi connectivity index (χ4n) is 3.53. The van der Waals surface area contributed by atoms with Gasteiger partial charge in [-0.3, -0.25) is 4.79 Å². The van der Waals surface area contributed by atoms with Gasteiger partial charge in [0.1, 0.15) is 0 Å². The molecule has 1 N–H and O–H groups in total. The lowest BCUT2D eigenvalue weighted by Gasteiger charge is -2.17. The number of nitrogens with one attached hydrogen (secondary N) is 1. The second kappa shape index (κ2) is 5.26. The Hall–Kier alpha value is -1.68. The molecule has 0 spiro atoms. The maximum atomic E-state index is 12.2. The van der Waals surface area contributed by atoms with Gasteiger partial charge in [0.15, 0.2) is 0 Å². The van der Waals surface area contributed by atoms with Crippen LogP contribution in [0.25, 0.3) is 10.2 Å². The molecule has 2 aliphatic rings. The van der Waals surface area contributed by atoms with Crippen LogP contribution >= 0.6 is 11.3 Å². The molecule has 2 aromatic rings. The second-order valence-electron chi connectivity index (χ2n) is 6.00. The molecule has 4 heteroatoms. The smallest absolute Gasteiger partial charge is 0.223 e. The highest BCUT2D eigenvalue weighted by Crippen LogP contribution is 2.43. The lowest BCUT2D eigenvalue weighted by atomic mass is 9.93. The zero-order chi connectivity index (χ0) is 14.2. The Balaban J connectivity index is 1.33. The van der Waals surface area contributed by atoms with Gasteiger partial charge in [-0.05, 0) is 36.8 Å². The van der Waals surface area contributed by atoms with Gasteiger partial charge in [0.2, 0.25) is 5.91 Å². The molecule has 3 unspecified atom stereocenters. The van der Waals surface area contributed by atoms with Crippen LogP contribution in [0.15, 0.2) is 36.4 Å². The van der Waals surface area contributed by atoms with E-state index in [0.29, 0.717) is 18.4 Å². The number of nitrogens with zero attached hydrogens (tertiary/aromatic N) is 1. The zero-order valence-electron chi connectivity index (χ0n) is 11.8. The third kappa shape index (κ3) is 2.48. The number of para-hydroxylation sites is 1. The van der Waals surface area contributed by atoms with E-state index in [0.717, 1.165) is 23.4 Å². The molecule has 21 heavy (non-hydrogen) atoms. The molecule has 3 nitrogen and oxygen atoms in total. The number of rotatable bonds is 4. The van der Waals surface area contributed by atoms with Gasteiger partial charge in [0.25, 0.3) is 0 Å². The molecule has 108 valence electrons. The molecule has 2 aliphatic carbocycles. The Labute approximate surface area is 128 Å². The van der Waals surface area contributed by atoms with E-state index in [2.05, 4.69) is 28.5 Å². The lowest BCUT2D eigenvalue weighted by molar-refractivity contribution is -0.125. The summed E-state index contributed by atoms with van der Waals surface area (Å²) in [6.45, 7) is 0.691. The number of aromatic nitrogens is 1. The van der Waals surface area contributed by atoms with Crippen molar-refractivity contribution in [1.29, 1.82) is 0 Å². The molecular weight excluding hydrogens is 280 g/mol. The lowest BCUT2D eigenvalue weighted by Crippen LogP contribution is -2.34. The minimum Gasteiger partial charge on any atom is -0.355 e. The fourth-order valence-corrected chi connectivity index (χ4v) is 4.50. The zero-order valence-corrected chi connectivity index (χ0v) is 12.6. The summed E-state index contributed by atoms with van der Waals surface area (Å²) >= 11 is 1.72. The second-order valence-corrected chi connectivity index (χ2v) is 7.12. The number of carbonyl (C=O) groups excluding carboxylic acids is 1. The van der Waals surface area contributed by atoms with Gasteiger partial charge in [-0.15, -0.1) is 11.3 Å². The molecule has 1 amide bonds. The van der Waals surface area contributed by atoms with Crippen molar-refractivity contribution in [3.05, 3.63) is 41.4 Å². The van der Waals surface area contributed by atoms with E-state index in [9.17, 15) is 4.79 Å². The summed E-state index contributed by atoms with van der Waals surface area (Å²) in [5.41, 5.74) is 1.06. The summed E-state index contributed by atoms with van der Waals surface area (Å²) in [7, 11) is 0. The molecule has 0 aliphatic heterocycles. The van der Waals surface area contributed by atoms with E-state index >= 15 is 0 Å². The number of amides is 1. The topological polar surface area (TPSA) is 42.0 Å². The van der Waals surface area contributed by atoms with Crippen LogP contribution in [0.2, 0.25) is 0 Å². The first-order chi connectivity index (χ1) is 10.3. The molecule has 1 aromatic carbocycles. The van der Waals surface area contributed by atoms with Crippen molar-refractivity contribution in [2.45, 2.75) is 19.3 Å². The Bertz CT molecular complexity index is 673. The number of fused-ring (bicyclic) bond motifs is 3. The molecular formula is C17H18N2OS. The van der Waals surface area contributed by atoms with Crippen molar-refractivity contribution in [3.8, 4) is 0 Å². The largest absolute Gasteiger partial charge is 0.355 e. The van der Waals surface area contributed by atoms with Crippen LogP contribution in [0, 0.1) is 17.8 Å². The highest BCUT2D eigenvalue weighted by molar-refractivity contribution is 7.18. The Morgan fingerprint density at radius 1 is 1.29 bits per heavy atom. The van der Waals surface area contributed by atoms with Crippen LogP contribution in [-0.2, 0) is 11.2 Å². The molecule has 1 aromatic heterocycles. The molecule has 1 saturated carbocycles. The van der Waals surface area contributed by atoms with Crippen molar-refractivity contribution in [2.75, 3.05) is 6.54 Å². The molecule has 2 bridgehead atoms. The number of allylic oxidation sites excluding steroid dienone is 2. The maximum absolute atomic E-state index is 12.2. The standard InChI is InChI=1S/C17H18N2OS/c20-17(13-10-11-5-6-12(13)9-11)18-8-7-16-19-14-3-1-2-4-15(14)21-16/h1-6,11-13H,7-10H2,(H,18,20). The Morgan fingerprint density at radius 3 is 2.95 bits per heavy atom. The summed E-state index contributed by atoms with van der Waals surface area (Å²) < 4.78 is 1.22. The summed E-state index contributed by atoms with van der Waals surface area (Å²) in [5, 5.41) is 4.20. The SMILES string of the molecule is O=C(NCCc1nc2ccccc2s1)C1CC2C=CC1C2. The molecule has 1 heterocycles. The molecule has 0 saturated heterocycles. The van der Waals surface area contributed by atoms with Crippen molar-refractivity contribution >= 4 is 27.5 Å². The van der Waals surface area contributed by atoms with E-state index in [1.165, 1.54) is 11.1 Å². The minimum atomic E-state index is 0.204. The number of thiazole rings is 1. The number of hydrogen-bond acceptors (Lipinski definition) is 3. The Morgan fingerprint density at radius 2 is 2.19 bits per heavy atom. The van der Waals surface area contributed by atoms with Crippen LogP contribution in [0.4, 0.5) is 0 Å². The van der Waals surface area contributed by atoms with Crippen LogP contribution in [-0.4, -0.2) is 17.4 Å². The van der Waals surface area contributed by atoms with E-state index < -0.39 is 0 Å². The monoisotopic (exact) mass is 298 g/mol. The van der Waals surface area contributed by atoms with Gasteiger partial charge < -0.3 is 5.32 Å².